The molecule has 0 unspecified atom stereocenters. The molecule has 0 saturated carbocycles. The van der Waals surface area contributed by atoms with E-state index in [1.807, 2.05) is 47.4 Å². The minimum Gasteiger partial charge on any atom is -0.508 e. The van der Waals surface area contributed by atoms with Crippen LogP contribution in [0.1, 0.15) is 70.1 Å². The van der Waals surface area contributed by atoms with Crippen LogP contribution < -0.4 is 24.6 Å². The smallest absolute Gasteiger partial charge is 0.255 e. The predicted molar refractivity (Wildman–Crippen MR) is 214 cm³/mol. The molecule has 3 saturated heterocycles. The van der Waals surface area contributed by atoms with E-state index in [-0.39, 0.29) is 60.2 Å². The first-order valence-corrected chi connectivity index (χ1v) is 20.2. The second kappa shape index (κ2) is 15.6. The summed E-state index contributed by atoms with van der Waals surface area (Å²) in [5.41, 5.74) is 4.82. The monoisotopic (exact) mass is 791 g/mol. The van der Waals surface area contributed by atoms with Gasteiger partial charge in [0, 0.05) is 87.8 Å². The number of methoxy groups -OCH3 is 1. The molecule has 3 fully saturated rings. The molecule has 0 spiro atoms. The molecule has 4 aromatic rings. The number of piperidine rings is 2. The summed E-state index contributed by atoms with van der Waals surface area (Å²) in [6, 6.07) is 20.9. The molecule has 5 aliphatic rings. The number of rotatable bonds is 8. The Morgan fingerprint density at radius 1 is 0.828 bits per heavy atom. The number of fused-ring (bicyclic) bond motifs is 2. The van der Waals surface area contributed by atoms with Crippen LogP contribution >= 0.6 is 0 Å². The van der Waals surface area contributed by atoms with E-state index in [0.717, 1.165) is 68.0 Å². The number of phenols is 1. The van der Waals surface area contributed by atoms with Crippen molar-refractivity contribution in [2.75, 3.05) is 69.3 Å². The van der Waals surface area contributed by atoms with Gasteiger partial charge in [0.05, 0.1) is 25.1 Å². The van der Waals surface area contributed by atoms with Crippen LogP contribution in [-0.2, 0) is 16.1 Å². The molecule has 5 heterocycles. The lowest BCUT2D eigenvalue weighted by atomic mass is 9.75. The lowest BCUT2D eigenvalue weighted by Crippen LogP contribution is -2.52. The highest BCUT2D eigenvalue weighted by molar-refractivity contribution is 6.05. The van der Waals surface area contributed by atoms with E-state index >= 15 is 8.78 Å². The number of nitrogens with zero attached hydrogens (tertiary/aromatic N) is 4. The molecule has 13 heteroatoms. The van der Waals surface area contributed by atoms with E-state index < -0.39 is 17.8 Å². The number of amides is 3. The van der Waals surface area contributed by atoms with Gasteiger partial charge in [-0.1, -0.05) is 24.3 Å². The maximum absolute atomic E-state index is 16.2. The van der Waals surface area contributed by atoms with Gasteiger partial charge in [-0.15, -0.1) is 0 Å². The molecule has 5 aliphatic heterocycles. The highest BCUT2D eigenvalue weighted by Gasteiger charge is 2.40. The molecule has 11 nitrogen and oxygen atoms in total. The van der Waals surface area contributed by atoms with Crippen LogP contribution in [0.25, 0.3) is 0 Å². The lowest BCUT2D eigenvalue weighted by Gasteiger charge is -2.40. The average Bonchev–Trinajstić information content (AvgIpc) is 3.54. The fourth-order valence-electron chi connectivity index (χ4n) is 9.65. The quantitative estimate of drug-likeness (QED) is 0.214. The van der Waals surface area contributed by atoms with Crippen molar-refractivity contribution in [1.82, 2.24) is 15.1 Å². The molecule has 9 rings (SSSR count). The van der Waals surface area contributed by atoms with E-state index in [1.54, 1.807) is 31.4 Å². The number of hydrogen-bond acceptors (Lipinski definition) is 9. The van der Waals surface area contributed by atoms with Crippen LogP contribution in [0.5, 0.6) is 17.2 Å². The molecule has 0 bridgehead atoms. The predicted octanol–water partition coefficient (Wildman–Crippen LogP) is 5.79. The number of imide groups is 1. The maximum atomic E-state index is 16.2. The standard InChI is InChI=1S/C45H47F2N5O6/c1-57-32-4-2-3-28(19-32)35-26-58-41-22-31(53)6-7-33(41)43(35)29-5-8-38(36(46)20-29)50-13-11-27(12-14-50)24-49-15-17-51(18-16-49)40-21-30-25-52(45(56)34(30)23-37(40)47)39-9-10-42(54)48-44(39)55/h2-8,19-23,27,35,39,43,53H,9-18,24-26H2,1H3,(H,48,54,55)/t35-,39-,43-/m0/s1. The number of benzene rings is 4. The largest absolute Gasteiger partial charge is 0.508 e. The Morgan fingerprint density at radius 3 is 2.36 bits per heavy atom. The summed E-state index contributed by atoms with van der Waals surface area (Å²) in [6.07, 6.45) is 2.30. The summed E-state index contributed by atoms with van der Waals surface area (Å²) in [4.78, 5) is 45.3. The van der Waals surface area contributed by atoms with E-state index in [2.05, 4.69) is 15.1 Å². The van der Waals surface area contributed by atoms with E-state index in [1.165, 1.54) is 11.0 Å². The first-order valence-electron chi connectivity index (χ1n) is 20.2. The third-order valence-corrected chi connectivity index (χ3v) is 12.8. The third-order valence-electron chi connectivity index (χ3n) is 12.8. The Bertz CT molecular complexity index is 2250. The van der Waals surface area contributed by atoms with Gasteiger partial charge in [0.2, 0.25) is 11.8 Å². The number of phenolic OH excluding ortho intramolecular Hbond substituents is 1. The molecular formula is C45H47F2N5O6. The number of halogens is 2. The Labute approximate surface area is 336 Å². The Morgan fingerprint density at radius 2 is 1.60 bits per heavy atom. The molecule has 0 aliphatic carbocycles. The topological polar surface area (TPSA) is 115 Å². The number of hydrogen-bond donors (Lipinski definition) is 2. The zero-order valence-electron chi connectivity index (χ0n) is 32.5. The molecule has 4 aromatic carbocycles. The van der Waals surface area contributed by atoms with Crippen molar-refractivity contribution in [2.45, 2.75) is 50.1 Å². The van der Waals surface area contributed by atoms with Crippen LogP contribution in [0.15, 0.2) is 72.8 Å². The van der Waals surface area contributed by atoms with Gasteiger partial charge >= 0.3 is 0 Å². The minimum absolute atomic E-state index is 0.0917. The SMILES string of the molecule is COc1cccc([C@@H]2COc3cc(O)ccc3[C@@H]2c2ccc(N3CCC(CN4CCN(c5cc6c(cc5F)C(=O)N([C@H]5CCC(=O)NC5=O)C6)CC4)CC3)c(F)c2)c1. The van der Waals surface area contributed by atoms with Crippen LogP contribution in [-0.4, -0.2) is 98.2 Å². The highest BCUT2D eigenvalue weighted by atomic mass is 19.1. The average molecular weight is 792 g/mol. The normalized spacial score (nSPS) is 22.7. The van der Waals surface area contributed by atoms with Crippen molar-refractivity contribution in [3.63, 3.8) is 0 Å². The number of anilines is 2. The molecule has 3 amide bonds. The Kier molecular flexibility index (Phi) is 10.2. The van der Waals surface area contributed by atoms with Gasteiger partial charge in [-0.2, -0.15) is 0 Å². The number of aromatic hydroxyl groups is 1. The summed E-state index contributed by atoms with van der Waals surface area (Å²) >= 11 is 0. The molecule has 0 radical (unpaired) electrons. The molecular weight excluding hydrogens is 745 g/mol. The van der Waals surface area contributed by atoms with Crippen LogP contribution in [0.4, 0.5) is 20.2 Å². The van der Waals surface area contributed by atoms with Crippen LogP contribution in [0, 0.1) is 17.6 Å². The lowest BCUT2D eigenvalue weighted by molar-refractivity contribution is -0.136. The summed E-state index contributed by atoms with van der Waals surface area (Å²) < 4.78 is 43.3. The second-order valence-corrected chi connectivity index (χ2v) is 16.2. The maximum Gasteiger partial charge on any atom is 0.255 e. The van der Waals surface area contributed by atoms with Crippen LogP contribution in [0.3, 0.4) is 0 Å². The van der Waals surface area contributed by atoms with Crippen LogP contribution in [0.2, 0.25) is 0 Å². The van der Waals surface area contributed by atoms with Gasteiger partial charge in [0.15, 0.2) is 0 Å². The molecule has 302 valence electrons. The number of carbonyl (C=O) groups is 3. The van der Waals surface area contributed by atoms with Crippen molar-refractivity contribution in [3.8, 4) is 17.2 Å². The Hall–Kier alpha value is -5.69. The summed E-state index contributed by atoms with van der Waals surface area (Å²) in [6.45, 7) is 5.86. The van der Waals surface area contributed by atoms with Gasteiger partial charge in [-0.25, -0.2) is 8.78 Å². The van der Waals surface area contributed by atoms with Crippen molar-refractivity contribution >= 4 is 29.1 Å². The van der Waals surface area contributed by atoms with E-state index in [4.69, 9.17) is 9.47 Å². The first kappa shape index (κ1) is 37.9. The molecule has 2 N–H and O–H groups in total. The number of carbonyl (C=O) groups excluding carboxylic acids is 3. The first-order chi connectivity index (χ1) is 28.1. The fourth-order valence-corrected chi connectivity index (χ4v) is 9.65. The van der Waals surface area contributed by atoms with Gasteiger partial charge in [0.1, 0.15) is 34.9 Å². The molecule has 3 atom stereocenters. The number of piperazine rings is 1. The van der Waals surface area contributed by atoms with Crippen molar-refractivity contribution in [1.29, 1.82) is 0 Å². The summed E-state index contributed by atoms with van der Waals surface area (Å²) in [5, 5.41) is 12.5. The third kappa shape index (κ3) is 7.20. The van der Waals surface area contributed by atoms with Gasteiger partial charge < -0.3 is 29.3 Å². The minimum atomic E-state index is -0.739. The highest BCUT2D eigenvalue weighted by Crippen LogP contribution is 2.48. The molecule has 0 aromatic heterocycles. The number of nitrogens with one attached hydrogen (secondary N) is 1. The van der Waals surface area contributed by atoms with Crippen molar-refractivity contribution < 1.29 is 37.7 Å². The zero-order valence-corrected chi connectivity index (χ0v) is 32.5. The van der Waals surface area contributed by atoms with Crippen molar-refractivity contribution in [3.05, 3.63) is 112 Å². The second-order valence-electron chi connectivity index (χ2n) is 16.2. The van der Waals surface area contributed by atoms with Crippen molar-refractivity contribution in [2.24, 2.45) is 5.92 Å². The summed E-state index contributed by atoms with van der Waals surface area (Å²) in [7, 11) is 1.64. The van der Waals surface area contributed by atoms with Gasteiger partial charge in [0.25, 0.3) is 5.91 Å². The molecule has 58 heavy (non-hydrogen) atoms. The zero-order chi connectivity index (χ0) is 40.1. The van der Waals surface area contributed by atoms with Gasteiger partial charge in [-0.3, -0.25) is 24.6 Å². The van der Waals surface area contributed by atoms with Gasteiger partial charge in [-0.05, 0) is 84.3 Å². The van der Waals surface area contributed by atoms with E-state index in [0.29, 0.717) is 48.3 Å². The Balaban J connectivity index is 0.811. The summed E-state index contributed by atoms with van der Waals surface area (Å²) in [5.74, 6) is -0.267. The van der Waals surface area contributed by atoms with E-state index in [9.17, 15) is 19.5 Å². The fraction of sp³-hybridized carbons (Fsp3) is 0.400. The number of ether oxygens (including phenoxy) is 2.